The van der Waals surface area contributed by atoms with E-state index in [0.29, 0.717) is 18.2 Å². The maximum atomic E-state index is 13.5. The van der Waals surface area contributed by atoms with E-state index < -0.39 is 0 Å². The molecule has 1 N–H and O–H groups in total. The van der Waals surface area contributed by atoms with E-state index >= 15 is 0 Å². The molecule has 2 aromatic rings. The lowest BCUT2D eigenvalue weighted by atomic mass is 10.1. The van der Waals surface area contributed by atoms with E-state index in [0.717, 1.165) is 12.1 Å². The highest BCUT2D eigenvalue weighted by atomic mass is 19.1. The minimum Gasteiger partial charge on any atom is -0.359 e. The summed E-state index contributed by atoms with van der Waals surface area (Å²) in [4.78, 5) is 14.3. The molecule has 1 unspecified atom stereocenters. The van der Waals surface area contributed by atoms with Crippen molar-refractivity contribution in [1.82, 2.24) is 5.32 Å². The van der Waals surface area contributed by atoms with Crippen LogP contribution in [0.1, 0.15) is 18.1 Å². The van der Waals surface area contributed by atoms with E-state index in [9.17, 15) is 9.18 Å². The fraction of sp³-hybridized carbons (Fsp3) is 0.278. The fourth-order valence-corrected chi connectivity index (χ4v) is 2.92. The summed E-state index contributed by atoms with van der Waals surface area (Å²) in [7, 11) is 0. The second-order valence-corrected chi connectivity index (χ2v) is 5.68. The van der Waals surface area contributed by atoms with Gasteiger partial charge in [0.25, 0.3) is 0 Å². The van der Waals surface area contributed by atoms with Crippen LogP contribution in [-0.2, 0) is 17.8 Å². The van der Waals surface area contributed by atoms with Gasteiger partial charge in [-0.2, -0.15) is 0 Å². The Bertz CT molecular complexity index is 686. The van der Waals surface area contributed by atoms with Crippen molar-refractivity contribution in [2.75, 3.05) is 11.4 Å². The van der Waals surface area contributed by atoms with Gasteiger partial charge in [0.15, 0.2) is 0 Å². The molecule has 0 spiro atoms. The maximum Gasteiger partial charge on any atom is 0.239 e. The van der Waals surface area contributed by atoms with Crippen LogP contribution in [-0.4, -0.2) is 18.5 Å². The molecule has 0 aromatic heterocycles. The number of amides is 1. The quantitative estimate of drug-likeness (QED) is 0.941. The molecule has 1 aliphatic rings. The number of nitrogens with zero attached hydrogens (tertiary/aromatic N) is 1. The summed E-state index contributed by atoms with van der Waals surface area (Å²) in [6, 6.07) is 15.0. The molecule has 1 atom stereocenters. The average molecular weight is 298 g/mol. The van der Waals surface area contributed by atoms with E-state index in [1.165, 1.54) is 11.6 Å². The molecule has 0 saturated carbocycles. The predicted molar refractivity (Wildman–Crippen MR) is 85.2 cm³/mol. The van der Waals surface area contributed by atoms with Gasteiger partial charge in [-0.1, -0.05) is 36.4 Å². The Kier molecular flexibility index (Phi) is 4.09. The lowest BCUT2D eigenvalue weighted by Crippen LogP contribution is -2.40. The Hall–Kier alpha value is -2.36. The van der Waals surface area contributed by atoms with Crippen LogP contribution in [0, 0.1) is 5.82 Å². The number of carbonyl (C=O) groups excluding carboxylic acids is 1. The van der Waals surface area contributed by atoms with Gasteiger partial charge in [-0.05, 0) is 31.0 Å². The third kappa shape index (κ3) is 2.96. The highest BCUT2D eigenvalue weighted by molar-refractivity contribution is 5.82. The molecule has 22 heavy (non-hydrogen) atoms. The average Bonchev–Trinajstić information content (AvgIpc) is 2.83. The van der Waals surface area contributed by atoms with Crippen LogP contribution in [0.2, 0.25) is 0 Å². The minimum absolute atomic E-state index is 0.0909. The topological polar surface area (TPSA) is 32.3 Å². The van der Waals surface area contributed by atoms with Gasteiger partial charge in [0, 0.05) is 23.8 Å². The maximum absolute atomic E-state index is 13.5. The van der Waals surface area contributed by atoms with E-state index in [4.69, 9.17) is 0 Å². The van der Waals surface area contributed by atoms with E-state index in [-0.39, 0.29) is 18.3 Å². The molecule has 114 valence electrons. The molecule has 0 aliphatic carbocycles. The number of para-hydroxylation sites is 1. The van der Waals surface area contributed by atoms with Gasteiger partial charge >= 0.3 is 0 Å². The second kappa shape index (κ2) is 6.18. The van der Waals surface area contributed by atoms with Crippen LogP contribution in [0.3, 0.4) is 0 Å². The monoisotopic (exact) mass is 298 g/mol. The lowest BCUT2D eigenvalue weighted by molar-refractivity contribution is -0.120. The SMILES string of the molecule is CC1Cc2ccccc2N1CC(=O)NCc1ccccc1F. The molecule has 0 bridgehead atoms. The fourth-order valence-electron chi connectivity index (χ4n) is 2.92. The van der Waals surface area contributed by atoms with Crippen LogP contribution < -0.4 is 10.2 Å². The molecule has 1 aliphatic heterocycles. The van der Waals surface area contributed by atoms with Gasteiger partial charge in [-0.25, -0.2) is 4.39 Å². The number of hydrogen-bond acceptors (Lipinski definition) is 2. The summed E-state index contributed by atoms with van der Waals surface area (Å²) >= 11 is 0. The zero-order valence-electron chi connectivity index (χ0n) is 12.6. The molecule has 2 aromatic carbocycles. The Labute approximate surface area is 129 Å². The van der Waals surface area contributed by atoms with Gasteiger partial charge in [-0.15, -0.1) is 0 Å². The molecule has 0 fully saturated rings. The summed E-state index contributed by atoms with van der Waals surface area (Å²) in [5, 5.41) is 2.80. The summed E-state index contributed by atoms with van der Waals surface area (Å²) in [5.74, 6) is -0.380. The molecule has 0 saturated heterocycles. The molecule has 4 heteroatoms. The largest absolute Gasteiger partial charge is 0.359 e. The number of hydrogen-bond donors (Lipinski definition) is 1. The van der Waals surface area contributed by atoms with Gasteiger partial charge in [0.05, 0.1) is 6.54 Å². The first-order valence-corrected chi connectivity index (χ1v) is 7.50. The number of rotatable bonds is 4. The van der Waals surface area contributed by atoms with E-state index in [1.807, 2.05) is 18.2 Å². The summed E-state index contributed by atoms with van der Waals surface area (Å²) in [6.45, 7) is 2.63. The number of anilines is 1. The molecule has 1 amide bonds. The van der Waals surface area contributed by atoms with Gasteiger partial charge in [0.1, 0.15) is 5.82 Å². The van der Waals surface area contributed by atoms with E-state index in [2.05, 4.69) is 23.2 Å². The summed E-state index contributed by atoms with van der Waals surface area (Å²) in [5.41, 5.74) is 2.90. The normalized spacial score (nSPS) is 16.5. The summed E-state index contributed by atoms with van der Waals surface area (Å²) in [6.07, 6.45) is 0.955. The summed E-state index contributed by atoms with van der Waals surface area (Å²) < 4.78 is 13.5. The first kappa shape index (κ1) is 14.6. The molecule has 3 nitrogen and oxygen atoms in total. The van der Waals surface area contributed by atoms with Crippen molar-refractivity contribution in [2.24, 2.45) is 0 Å². The second-order valence-electron chi connectivity index (χ2n) is 5.68. The third-order valence-electron chi connectivity index (χ3n) is 4.10. The first-order valence-electron chi connectivity index (χ1n) is 7.50. The number of fused-ring (bicyclic) bond motifs is 1. The van der Waals surface area contributed by atoms with Crippen molar-refractivity contribution >= 4 is 11.6 Å². The van der Waals surface area contributed by atoms with Crippen molar-refractivity contribution in [3.63, 3.8) is 0 Å². The van der Waals surface area contributed by atoms with Gasteiger partial charge in [-0.3, -0.25) is 4.79 Å². The number of halogens is 1. The standard InChI is InChI=1S/C18H19FN2O/c1-13-10-14-6-3-5-9-17(14)21(13)12-18(22)20-11-15-7-2-4-8-16(15)19/h2-9,13H,10-12H2,1H3,(H,20,22). The Morgan fingerprint density at radius 3 is 2.77 bits per heavy atom. The Morgan fingerprint density at radius 2 is 1.95 bits per heavy atom. The van der Waals surface area contributed by atoms with Gasteiger partial charge < -0.3 is 10.2 Å². The first-order chi connectivity index (χ1) is 10.6. The lowest BCUT2D eigenvalue weighted by Gasteiger charge is -2.24. The third-order valence-corrected chi connectivity index (χ3v) is 4.10. The van der Waals surface area contributed by atoms with Crippen LogP contribution in [0.5, 0.6) is 0 Å². The number of benzene rings is 2. The zero-order chi connectivity index (χ0) is 15.5. The van der Waals surface area contributed by atoms with Gasteiger partial charge in [0.2, 0.25) is 5.91 Å². The van der Waals surface area contributed by atoms with Crippen LogP contribution in [0.4, 0.5) is 10.1 Å². The highest BCUT2D eigenvalue weighted by Gasteiger charge is 2.26. The minimum atomic E-state index is -0.289. The van der Waals surface area contributed by atoms with Crippen molar-refractivity contribution in [3.05, 3.63) is 65.5 Å². The number of carbonyl (C=O) groups is 1. The predicted octanol–water partition coefficient (Wildman–Crippen LogP) is 2.89. The molecule has 3 rings (SSSR count). The molecular weight excluding hydrogens is 279 g/mol. The van der Waals surface area contributed by atoms with Crippen molar-refractivity contribution in [3.8, 4) is 0 Å². The number of nitrogens with one attached hydrogen (secondary N) is 1. The molecule has 0 radical (unpaired) electrons. The van der Waals surface area contributed by atoms with Crippen LogP contribution in [0.25, 0.3) is 0 Å². The Balaban J connectivity index is 1.62. The highest BCUT2D eigenvalue weighted by Crippen LogP contribution is 2.31. The van der Waals surface area contributed by atoms with Crippen LogP contribution >= 0.6 is 0 Å². The van der Waals surface area contributed by atoms with Crippen molar-refractivity contribution < 1.29 is 9.18 Å². The molecule has 1 heterocycles. The zero-order valence-corrected chi connectivity index (χ0v) is 12.6. The van der Waals surface area contributed by atoms with Crippen molar-refractivity contribution in [2.45, 2.75) is 25.9 Å². The Morgan fingerprint density at radius 1 is 1.23 bits per heavy atom. The molecular formula is C18H19FN2O. The van der Waals surface area contributed by atoms with Crippen molar-refractivity contribution in [1.29, 1.82) is 0 Å². The smallest absolute Gasteiger partial charge is 0.239 e. The van der Waals surface area contributed by atoms with Crippen LogP contribution in [0.15, 0.2) is 48.5 Å². The van der Waals surface area contributed by atoms with E-state index in [1.54, 1.807) is 18.2 Å².